The van der Waals surface area contributed by atoms with Gasteiger partial charge in [-0.15, -0.1) is 0 Å². The Morgan fingerprint density at radius 2 is 2.00 bits per heavy atom. The quantitative estimate of drug-likeness (QED) is 0.658. The third-order valence-electron chi connectivity index (χ3n) is 2.59. The summed E-state index contributed by atoms with van der Waals surface area (Å²) in [5.41, 5.74) is 7.08. The predicted octanol–water partition coefficient (Wildman–Crippen LogP) is -0.305. The zero-order chi connectivity index (χ0) is 14.3. The molecule has 0 saturated heterocycles. The third kappa shape index (κ3) is 4.97. The highest BCUT2D eigenvalue weighted by atomic mass is 16.5. The highest BCUT2D eigenvalue weighted by molar-refractivity contribution is 5.85. The molecule has 1 rings (SSSR count). The number of nitrogens with two attached hydrogens (primary N) is 1. The van der Waals surface area contributed by atoms with Gasteiger partial charge in [-0.3, -0.25) is 9.59 Å². The molecule has 0 aromatic heterocycles. The second-order valence-electron chi connectivity index (χ2n) is 4.06. The standard InChI is InChI=1S/C13H19N3O3/c1-9-3-4-10(5-11(9)19-2)7-15-13(18)8-16-12(17)6-14/h3-5H,6-8,14H2,1-2H3,(H,15,18)(H,16,17). The number of carbonyl (C=O) groups is 2. The van der Waals surface area contributed by atoms with Gasteiger partial charge in [-0.2, -0.15) is 0 Å². The molecule has 0 atom stereocenters. The van der Waals surface area contributed by atoms with E-state index < -0.39 is 0 Å². The van der Waals surface area contributed by atoms with Gasteiger partial charge in [-0.1, -0.05) is 12.1 Å². The number of carbonyl (C=O) groups excluding carboxylic acids is 2. The summed E-state index contributed by atoms with van der Waals surface area (Å²) < 4.78 is 5.20. The summed E-state index contributed by atoms with van der Waals surface area (Å²) in [5.74, 6) is 0.164. The van der Waals surface area contributed by atoms with Crippen molar-refractivity contribution in [1.82, 2.24) is 10.6 Å². The van der Waals surface area contributed by atoms with E-state index in [9.17, 15) is 9.59 Å². The van der Waals surface area contributed by atoms with Crippen molar-refractivity contribution in [2.45, 2.75) is 13.5 Å². The zero-order valence-electron chi connectivity index (χ0n) is 11.2. The molecule has 0 aliphatic heterocycles. The number of amides is 2. The van der Waals surface area contributed by atoms with E-state index in [4.69, 9.17) is 10.5 Å². The first-order chi connectivity index (χ1) is 9.06. The minimum atomic E-state index is -0.354. The Balaban J connectivity index is 2.44. The summed E-state index contributed by atoms with van der Waals surface area (Å²) in [6.45, 7) is 2.14. The Morgan fingerprint density at radius 3 is 2.63 bits per heavy atom. The molecule has 0 unspecified atom stereocenters. The number of aryl methyl sites for hydroxylation is 1. The fraction of sp³-hybridized carbons (Fsp3) is 0.385. The molecule has 19 heavy (non-hydrogen) atoms. The van der Waals surface area contributed by atoms with Gasteiger partial charge >= 0.3 is 0 Å². The highest BCUT2D eigenvalue weighted by Gasteiger charge is 2.05. The topological polar surface area (TPSA) is 93.5 Å². The van der Waals surface area contributed by atoms with Crippen LogP contribution in [0.4, 0.5) is 0 Å². The lowest BCUT2D eigenvalue weighted by Crippen LogP contribution is -2.39. The summed E-state index contributed by atoms with van der Waals surface area (Å²) in [6, 6.07) is 5.71. The lowest BCUT2D eigenvalue weighted by atomic mass is 10.1. The molecular weight excluding hydrogens is 246 g/mol. The van der Waals surface area contributed by atoms with Gasteiger partial charge in [0.05, 0.1) is 20.2 Å². The summed E-state index contributed by atoms with van der Waals surface area (Å²) in [4.78, 5) is 22.3. The normalized spacial score (nSPS) is 9.84. The molecule has 6 nitrogen and oxygen atoms in total. The van der Waals surface area contributed by atoms with Crippen LogP contribution in [-0.4, -0.2) is 32.0 Å². The number of ether oxygens (including phenoxy) is 1. The maximum Gasteiger partial charge on any atom is 0.239 e. The monoisotopic (exact) mass is 265 g/mol. The fourth-order valence-corrected chi connectivity index (χ4v) is 1.49. The fourth-order valence-electron chi connectivity index (χ4n) is 1.49. The minimum absolute atomic E-state index is 0.0704. The molecule has 0 heterocycles. The molecule has 0 aliphatic carbocycles. The average Bonchev–Trinajstić information content (AvgIpc) is 2.43. The molecule has 0 spiro atoms. The van der Waals surface area contributed by atoms with Gasteiger partial charge < -0.3 is 21.1 Å². The lowest BCUT2D eigenvalue weighted by molar-refractivity contribution is -0.125. The SMILES string of the molecule is COc1cc(CNC(=O)CNC(=O)CN)ccc1C. The van der Waals surface area contributed by atoms with E-state index in [2.05, 4.69) is 10.6 Å². The van der Waals surface area contributed by atoms with Gasteiger partial charge in [-0.25, -0.2) is 0 Å². The Morgan fingerprint density at radius 1 is 1.26 bits per heavy atom. The van der Waals surface area contributed by atoms with E-state index >= 15 is 0 Å². The molecule has 1 aromatic carbocycles. The summed E-state index contributed by atoms with van der Waals surface area (Å²) in [5, 5.41) is 5.10. The van der Waals surface area contributed by atoms with Crippen LogP contribution in [-0.2, 0) is 16.1 Å². The minimum Gasteiger partial charge on any atom is -0.496 e. The Hall–Kier alpha value is -2.08. The smallest absolute Gasteiger partial charge is 0.239 e. The molecule has 0 bridgehead atoms. The van der Waals surface area contributed by atoms with E-state index in [0.29, 0.717) is 6.54 Å². The summed E-state index contributed by atoms with van der Waals surface area (Å²) in [6.07, 6.45) is 0. The summed E-state index contributed by atoms with van der Waals surface area (Å²) >= 11 is 0. The van der Waals surface area contributed by atoms with Gasteiger partial charge in [0.15, 0.2) is 0 Å². The number of rotatable bonds is 6. The van der Waals surface area contributed by atoms with Crippen LogP contribution in [0, 0.1) is 6.92 Å². The van der Waals surface area contributed by atoms with E-state index in [1.165, 1.54) is 0 Å². The predicted molar refractivity (Wildman–Crippen MR) is 71.6 cm³/mol. The second kappa shape index (κ2) is 7.38. The molecule has 0 saturated carbocycles. The number of methoxy groups -OCH3 is 1. The van der Waals surface area contributed by atoms with E-state index in [-0.39, 0.29) is 24.9 Å². The maximum atomic E-state index is 11.5. The van der Waals surface area contributed by atoms with Crippen LogP contribution in [0.15, 0.2) is 18.2 Å². The molecule has 0 radical (unpaired) electrons. The second-order valence-corrected chi connectivity index (χ2v) is 4.06. The number of benzene rings is 1. The van der Waals surface area contributed by atoms with Crippen molar-refractivity contribution in [2.75, 3.05) is 20.2 Å². The zero-order valence-corrected chi connectivity index (χ0v) is 11.2. The molecular formula is C13H19N3O3. The van der Waals surface area contributed by atoms with Gasteiger partial charge in [0, 0.05) is 6.54 Å². The molecule has 104 valence electrons. The van der Waals surface area contributed by atoms with Crippen molar-refractivity contribution >= 4 is 11.8 Å². The first-order valence-corrected chi connectivity index (χ1v) is 5.93. The Bertz CT molecular complexity index is 460. The van der Waals surface area contributed by atoms with Crippen molar-refractivity contribution in [3.05, 3.63) is 29.3 Å². The Kier molecular flexibility index (Phi) is 5.81. The van der Waals surface area contributed by atoms with Crippen LogP contribution in [0.25, 0.3) is 0 Å². The van der Waals surface area contributed by atoms with Crippen molar-refractivity contribution in [2.24, 2.45) is 5.73 Å². The van der Waals surface area contributed by atoms with Crippen LogP contribution in [0.2, 0.25) is 0 Å². The van der Waals surface area contributed by atoms with Gasteiger partial charge in [0.1, 0.15) is 5.75 Å². The lowest BCUT2D eigenvalue weighted by Gasteiger charge is -2.09. The molecule has 1 aromatic rings. The number of nitrogens with one attached hydrogen (secondary N) is 2. The number of hydrogen-bond acceptors (Lipinski definition) is 4. The maximum absolute atomic E-state index is 11.5. The average molecular weight is 265 g/mol. The molecule has 2 amide bonds. The number of hydrogen-bond donors (Lipinski definition) is 3. The van der Waals surface area contributed by atoms with Gasteiger partial charge in [-0.05, 0) is 24.1 Å². The van der Waals surface area contributed by atoms with E-state index in [0.717, 1.165) is 16.9 Å². The van der Waals surface area contributed by atoms with Gasteiger partial charge in [0.25, 0.3) is 0 Å². The van der Waals surface area contributed by atoms with Crippen LogP contribution in [0.1, 0.15) is 11.1 Å². The third-order valence-corrected chi connectivity index (χ3v) is 2.59. The Labute approximate surface area is 112 Å². The van der Waals surface area contributed by atoms with E-state index in [1.54, 1.807) is 7.11 Å². The van der Waals surface area contributed by atoms with Crippen molar-refractivity contribution in [3.63, 3.8) is 0 Å². The largest absolute Gasteiger partial charge is 0.496 e. The van der Waals surface area contributed by atoms with Gasteiger partial charge in [0.2, 0.25) is 11.8 Å². The molecule has 0 aliphatic rings. The van der Waals surface area contributed by atoms with Crippen molar-refractivity contribution in [3.8, 4) is 5.75 Å². The van der Waals surface area contributed by atoms with Crippen molar-refractivity contribution < 1.29 is 14.3 Å². The molecule has 6 heteroatoms. The summed E-state index contributed by atoms with van der Waals surface area (Å²) in [7, 11) is 1.60. The molecule has 4 N–H and O–H groups in total. The van der Waals surface area contributed by atoms with Crippen LogP contribution in [0.5, 0.6) is 5.75 Å². The van der Waals surface area contributed by atoms with Crippen molar-refractivity contribution in [1.29, 1.82) is 0 Å². The van der Waals surface area contributed by atoms with Crippen LogP contribution in [0.3, 0.4) is 0 Å². The highest BCUT2D eigenvalue weighted by Crippen LogP contribution is 2.18. The first-order valence-electron chi connectivity index (χ1n) is 5.93. The van der Waals surface area contributed by atoms with Crippen LogP contribution >= 0.6 is 0 Å². The molecule has 0 fully saturated rings. The van der Waals surface area contributed by atoms with Crippen LogP contribution < -0.4 is 21.1 Å². The van der Waals surface area contributed by atoms with E-state index in [1.807, 2.05) is 25.1 Å². The first kappa shape index (κ1) is 15.0.